The van der Waals surface area contributed by atoms with Gasteiger partial charge in [0.05, 0.1) is 5.69 Å². The van der Waals surface area contributed by atoms with Gasteiger partial charge in [0.25, 0.3) is 0 Å². The first-order chi connectivity index (χ1) is 8.80. The smallest absolute Gasteiger partial charge is 0.227 e. The van der Waals surface area contributed by atoms with Crippen molar-refractivity contribution in [1.29, 1.82) is 0 Å². The van der Waals surface area contributed by atoms with Crippen LogP contribution in [0.4, 0.5) is 11.8 Å². The summed E-state index contributed by atoms with van der Waals surface area (Å²) in [5.74, 6) is 1.95. The maximum Gasteiger partial charge on any atom is 0.227 e. The number of anilines is 2. The molecule has 0 aromatic carbocycles. The number of nitrogens with one attached hydrogen (secondary N) is 1. The van der Waals surface area contributed by atoms with Gasteiger partial charge in [-0.25, -0.2) is 4.98 Å². The minimum Gasteiger partial charge on any atom is -0.370 e. The zero-order valence-corrected chi connectivity index (χ0v) is 11.8. The minimum atomic E-state index is 0.886. The van der Waals surface area contributed by atoms with E-state index >= 15 is 0 Å². The molecule has 1 N–H and O–H groups in total. The third kappa shape index (κ3) is 2.57. The maximum atomic E-state index is 4.77. The Morgan fingerprint density at radius 3 is 2.44 bits per heavy atom. The van der Waals surface area contributed by atoms with Gasteiger partial charge in [-0.3, -0.25) is 0 Å². The molecule has 1 aromatic rings. The van der Waals surface area contributed by atoms with Crippen LogP contribution in [0.3, 0.4) is 0 Å². The monoisotopic (exact) mass is 248 g/mol. The average molecular weight is 248 g/mol. The summed E-state index contributed by atoms with van der Waals surface area (Å²) in [6.45, 7) is 9.26. The highest BCUT2D eigenvalue weighted by Crippen LogP contribution is 2.27. The van der Waals surface area contributed by atoms with Gasteiger partial charge in [0.15, 0.2) is 0 Å². The van der Waals surface area contributed by atoms with Crippen LogP contribution in [0.5, 0.6) is 0 Å². The number of hydrogen-bond donors (Lipinski definition) is 1. The molecule has 4 nitrogen and oxygen atoms in total. The van der Waals surface area contributed by atoms with Crippen LogP contribution in [0, 0.1) is 0 Å². The lowest BCUT2D eigenvalue weighted by Gasteiger charge is -2.24. The molecular weight excluding hydrogens is 224 g/mol. The van der Waals surface area contributed by atoms with Gasteiger partial charge in [0.2, 0.25) is 5.95 Å². The Hall–Kier alpha value is -1.32. The Kier molecular flexibility index (Phi) is 4.39. The summed E-state index contributed by atoms with van der Waals surface area (Å²) < 4.78 is 0. The van der Waals surface area contributed by atoms with Crippen molar-refractivity contribution in [2.75, 3.05) is 29.9 Å². The van der Waals surface area contributed by atoms with Gasteiger partial charge in [0.1, 0.15) is 5.82 Å². The lowest BCUT2D eigenvalue weighted by atomic mass is 9.96. The molecule has 2 rings (SSSR count). The third-order valence-electron chi connectivity index (χ3n) is 3.56. The second-order valence-electron chi connectivity index (χ2n) is 4.71. The highest BCUT2D eigenvalue weighted by molar-refractivity contribution is 5.52. The molecule has 0 saturated carbocycles. The van der Waals surface area contributed by atoms with E-state index in [1.165, 1.54) is 24.1 Å². The summed E-state index contributed by atoms with van der Waals surface area (Å²) in [6, 6.07) is 0. The first-order valence-corrected chi connectivity index (χ1v) is 7.18. The van der Waals surface area contributed by atoms with E-state index in [4.69, 9.17) is 9.97 Å². The highest BCUT2D eigenvalue weighted by Gasteiger charge is 2.18. The Morgan fingerprint density at radius 2 is 1.78 bits per heavy atom. The maximum absolute atomic E-state index is 4.77. The van der Waals surface area contributed by atoms with Crippen molar-refractivity contribution in [1.82, 2.24) is 9.97 Å². The van der Waals surface area contributed by atoms with Crippen molar-refractivity contribution >= 4 is 11.8 Å². The second-order valence-corrected chi connectivity index (χ2v) is 4.71. The molecular formula is C14H24N4. The van der Waals surface area contributed by atoms with Crippen LogP contribution >= 0.6 is 0 Å². The number of aryl methyl sites for hydroxylation is 1. The highest BCUT2D eigenvalue weighted by atomic mass is 15.3. The van der Waals surface area contributed by atoms with E-state index in [1.54, 1.807) is 0 Å². The topological polar surface area (TPSA) is 41.1 Å². The van der Waals surface area contributed by atoms with E-state index in [1.807, 2.05) is 0 Å². The Balaban J connectivity index is 2.40. The van der Waals surface area contributed by atoms with E-state index < -0.39 is 0 Å². The van der Waals surface area contributed by atoms with Crippen LogP contribution in [0.25, 0.3) is 0 Å². The molecule has 0 aliphatic heterocycles. The molecule has 0 atom stereocenters. The van der Waals surface area contributed by atoms with Crippen molar-refractivity contribution < 1.29 is 0 Å². The van der Waals surface area contributed by atoms with Gasteiger partial charge in [-0.15, -0.1) is 0 Å². The molecule has 0 fully saturated rings. The van der Waals surface area contributed by atoms with E-state index in [0.717, 1.165) is 44.2 Å². The van der Waals surface area contributed by atoms with Gasteiger partial charge < -0.3 is 10.2 Å². The van der Waals surface area contributed by atoms with Crippen LogP contribution in [0.1, 0.15) is 44.9 Å². The standard InChI is InChI=1S/C14H24N4/c1-4-15-13-11-9-7-8-10-12(11)16-14(17-13)18(5-2)6-3/h4-10H2,1-3H3,(H,15,16,17). The molecule has 0 unspecified atom stereocenters. The Morgan fingerprint density at radius 1 is 1.06 bits per heavy atom. The van der Waals surface area contributed by atoms with Crippen LogP contribution in [-0.2, 0) is 12.8 Å². The van der Waals surface area contributed by atoms with Gasteiger partial charge >= 0.3 is 0 Å². The van der Waals surface area contributed by atoms with E-state index in [-0.39, 0.29) is 0 Å². The number of nitrogens with zero attached hydrogens (tertiary/aromatic N) is 3. The summed E-state index contributed by atoms with van der Waals surface area (Å²) >= 11 is 0. The number of fused-ring (bicyclic) bond motifs is 1. The second kappa shape index (κ2) is 6.03. The Labute approximate surface area is 110 Å². The summed E-state index contributed by atoms with van der Waals surface area (Å²) in [5.41, 5.74) is 2.60. The lowest BCUT2D eigenvalue weighted by molar-refractivity contribution is 0.659. The average Bonchev–Trinajstić information content (AvgIpc) is 2.40. The molecule has 18 heavy (non-hydrogen) atoms. The fraction of sp³-hybridized carbons (Fsp3) is 0.714. The van der Waals surface area contributed by atoms with Crippen LogP contribution < -0.4 is 10.2 Å². The molecule has 1 aliphatic carbocycles. The van der Waals surface area contributed by atoms with Gasteiger partial charge in [-0.1, -0.05) is 0 Å². The summed E-state index contributed by atoms with van der Waals surface area (Å²) in [6.07, 6.45) is 4.74. The molecule has 1 aliphatic rings. The fourth-order valence-electron chi connectivity index (χ4n) is 2.54. The van der Waals surface area contributed by atoms with Gasteiger partial charge in [-0.2, -0.15) is 4.98 Å². The van der Waals surface area contributed by atoms with E-state index in [0.29, 0.717) is 0 Å². The van der Waals surface area contributed by atoms with Crippen molar-refractivity contribution in [2.45, 2.75) is 46.5 Å². The predicted molar refractivity (Wildman–Crippen MR) is 76.4 cm³/mol. The molecule has 4 heteroatoms. The zero-order chi connectivity index (χ0) is 13.0. The molecule has 0 radical (unpaired) electrons. The first kappa shape index (κ1) is 13.1. The molecule has 0 spiro atoms. The summed E-state index contributed by atoms with van der Waals surface area (Å²) in [5, 5.41) is 3.40. The summed E-state index contributed by atoms with van der Waals surface area (Å²) in [4.78, 5) is 11.7. The molecule has 100 valence electrons. The van der Waals surface area contributed by atoms with Crippen molar-refractivity contribution in [3.63, 3.8) is 0 Å². The van der Waals surface area contributed by atoms with Crippen molar-refractivity contribution in [2.24, 2.45) is 0 Å². The molecule has 1 aromatic heterocycles. The number of rotatable bonds is 5. The molecule has 0 bridgehead atoms. The minimum absolute atomic E-state index is 0.886. The van der Waals surface area contributed by atoms with Crippen molar-refractivity contribution in [3.8, 4) is 0 Å². The predicted octanol–water partition coefficient (Wildman–Crippen LogP) is 2.63. The quantitative estimate of drug-likeness (QED) is 0.869. The summed E-state index contributed by atoms with van der Waals surface area (Å²) in [7, 11) is 0. The van der Waals surface area contributed by atoms with E-state index in [2.05, 4.69) is 31.0 Å². The van der Waals surface area contributed by atoms with Crippen LogP contribution in [-0.4, -0.2) is 29.6 Å². The number of hydrogen-bond acceptors (Lipinski definition) is 4. The van der Waals surface area contributed by atoms with Crippen LogP contribution in [0.2, 0.25) is 0 Å². The lowest BCUT2D eigenvalue weighted by Crippen LogP contribution is -2.26. The van der Waals surface area contributed by atoms with Gasteiger partial charge in [-0.05, 0) is 46.5 Å². The first-order valence-electron chi connectivity index (χ1n) is 7.18. The largest absolute Gasteiger partial charge is 0.370 e. The van der Waals surface area contributed by atoms with Crippen molar-refractivity contribution in [3.05, 3.63) is 11.3 Å². The van der Waals surface area contributed by atoms with Crippen LogP contribution in [0.15, 0.2) is 0 Å². The third-order valence-corrected chi connectivity index (χ3v) is 3.56. The molecule has 0 saturated heterocycles. The molecule has 1 heterocycles. The fourth-order valence-corrected chi connectivity index (χ4v) is 2.54. The normalized spacial score (nSPS) is 14.2. The zero-order valence-electron chi connectivity index (χ0n) is 11.8. The van der Waals surface area contributed by atoms with Gasteiger partial charge in [0, 0.05) is 25.2 Å². The van der Waals surface area contributed by atoms with E-state index in [9.17, 15) is 0 Å². The SMILES string of the molecule is CCNc1nc(N(CC)CC)nc2c1CCCC2. The number of aromatic nitrogens is 2. The Bertz CT molecular complexity index is 399. The molecule has 0 amide bonds.